The summed E-state index contributed by atoms with van der Waals surface area (Å²) in [5.74, 6) is 0. The number of primary sulfonamides is 1. The number of hydrazone groups is 1. The number of benzene rings is 3. The summed E-state index contributed by atoms with van der Waals surface area (Å²) < 4.78 is 23.1. The van der Waals surface area contributed by atoms with Gasteiger partial charge in [0.1, 0.15) is 0 Å². The second-order valence-electron chi connectivity index (χ2n) is 6.93. The van der Waals surface area contributed by atoms with E-state index in [4.69, 9.17) is 10.2 Å². The predicted molar refractivity (Wildman–Crippen MR) is 112 cm³/mol. The highest BCUT2D eigenvalue weighted by Gasteiger charge is 2.30. The van der Waals surface area contributed by atoms with Crippen molar-refractivity contribution >= 4 is 21.4 Å². The first-order chi connectivity index (χ1) is 13.4. The van der Waals surface area contributed by atoms with Gasteiger partial charge in [0.2, 0.25) is 10.0 Å². The second kappa shape index (κ2) is 7.22. The summed E-state index contributed by atoms with van der Waals surface area (Å²) in [5, 5.41) is 12.1. The summed E-state index contributed by atoms with van der Waals surface area (Å²) >= 11 is 0. The first kappa shape index (κ1) is 18.4. The third kappa shape index (κ3) is 3.69. The van der Waals surface area contributed by atoms with Gasteiger partial charge in [0.05, 0.1) is 22.3 Å². The maximum absolute atomic E-state index is 11.6. The van der Waals surface area contributed by atoms with E-state index < -0.39 is 10.0 Å². The van der Waals surface area contributed by atoms with Gasteiger partial charge in [0.15, 0.2) is 0 Å². The van der Waals surface area contributed by atoms with Gasteiger partial charge in [-0.1, -0.05) is 60.2 Å². The van der Waals surface area contributed by atoms with Gasteiger partial charge in [-0.15, -0.1) is 0 Å². The van der Waals surface area contributed by atoms with Gasteiger partial charge in [0.25, 0.3) is 0 Å². The average Bonchev–Trinajstić information content (AvgIpc) is 3.14. The van der Waals surface area contributed by atoms with E-state index in [1.165, 1.54) is 17.7 Å². The third-order valence-corrected chi connectivity index (χ3v) is 5.84. The van der Waals surface area contributed by atoms with Gasteiger partial charge in [-0.25, -0.2) is 13.6 Å². The van der Waals surface area contributed by atoms with Crippen molar-refractivity contribution in [1.82, 2.24) is 0 Å². The van der Waals surface area contributed by atoms with Crippen LogP contribution in [-0.2, 0) is 10.0 Å². The molecule has 1 aliphatic heterocycles. The summed E-state index contributed by atoms with van der Waals surface area (Å²) in [6.45, 7) is 2.06. The number of hydrogen-bond acceptors (Lipinski definition) is 4. The quantitative estimate of drug-likeness (QED) is 0.730. The van der Waals surface area contributed by atoms with E-state index in [9.17, 15) is 8.42 Å². The fourth-order valence-electron chi connectivity index (χ4n) is 3.39. The summed E-state index contributed by atoms with van der Waals surface area (Å²) in [5.41, 5.74) is 5.28. The zero-order valence-electron chi connectivity index (χ0n) is 15.5. The van der Waals surface area contributed by atoms with Gasteiger partial charge in [-0.05, 0) is 42.3 Å². The molecule has 0 saturated heterocycles. The van der Waals surface area contributed by atoms with Crippen molar-refractivity contribution in [2.24, 2.45) is 10.2 Å². The molecule has 0 bridgehead atoms. The number of anilines is 1. The SMILES string of the molecule is Cc1ccc(C2=NN(c3ccc(S(N)(=O)=O)cc3)C(c3ccccc3)C2)cc1. The molecule has 1 heterocycles. The minimum absolute atomic E-state index is 0.0397. The molecule has 4 rings (SSSR count). The van der Waals surface area contributed by atoms with Crippen LogP contribution in [0.5, 0.6) is 0 Å². The molecule has 0 aromatic heterocycles. The lowest BCUT2D eigenvalue weighted by Gasteiger charge is -2.24. The smallest absolute Gasteiger partial charge is 0.238 e. The summed E-state index contributed by atoms with van der Waals surface area (Å²) in [7, 11) is -3.72. The van der Waals surface area contributed by atoms with Crippen LogP contribution in [0, 0.1) is 6.92 Å². The molecule has 1 atom stereocenters. The Labute approximate surface area is 165 Å². The van der Waals surface area contributed by atoms with Crippen LogP contribution in [0.1, 0.15) is 29.2 Å². The average molecular weight is 391 g/mol. The van der Waals surface area contributed by atoms with Crippen LogP contribution in [0.4, 0.5) is 5.69 Å². The molecular formula is C22H21N3O2S. The number of rotatable bonds is 4. The van der Waals surface area contributed by atoms with Crippen molar-refractivity contribution in [3.63, 3.8) is 0 Å². The number of hydrogen-bond donors (Lipinski definition) is 1. The van der Waals surface area contributed by atoms with E-state index in [0.29, 0.717) is 0 Å². The van der Waals surface area contributed by atoms with E-state index >= 15 is 0 Å². The van der Waals surface area contributed by atoms with Crippen LogP contribution in [0.2, 0.25) is 0 Å². The van der Waals surface area contributed by atoms with Crippen molar-refractivity contribution in [1.29, 1.82) is 0 Å². The molecule has 1 aliphatic rings. The fourth-order valence-corrected chi connectivity index (χ4v) is 3.91. The molecule has 0 amide bonds. The molecule has 3 aromatic carbocycles. The molecule has 3 aromatic rings. The van der Waals surface area contributed by atoms with E-state index in [-0.39, 0.29) is 10.9 Å². The lowest BCUT2D eigenvalue weighted by molar-refractivity contribution is 0.597. The molecule has 142 valence electrons. The highest BCUT2D eigenvalue weighted by molar-refractivity contribution is 7.89. The maximum atomic E-state index is 11.6. The molecule has 0 aliphatic carbocycles. The first-order valence-corrected chi connectivity index (χ1v) is 10.6. The highest BCUT2D eigenvalue weighted by atomic mass is 32.2. The standard InChI is InChI=1S/C22H21N3O2S/c1-16-7-9-17(10-8-16)21-15-22(18-5-3-2-4-6-18)25(24-21)19-11-13-20(14-12-19)28(23,26)27/h2-14,22H,15H2,1H3,(H2,23,26,27). The first-order valence-electron chi connectivity index (χ1n) is 9.03. The lowest BCUT2D eigenvalue weighted by atomic mass is 9.98. The van der Waals surface area contributed by atoms with Crippen molar-refractivity contribution in [2.45, 2.75) is 24.3 Å². The van der Waals surface area contributed by atoms with Crippen LogP contribution in [0.15, 0.2) is 88.9 Å². The monoisotopic (exact) mass is 391 g/mol. The molecule has 0 fully saturated rings. The molecule has 28 heavy (non-hydrogen) atoms. The molecule has 0 spiro atoms. The number of nitrogens with zero attached hydrogens (tertiary/aromatic N) is 2. The predicted octanol–water partition coefficient (Wildman–Crippen LogP) is 4.00. The van der Waals surface area contributed by atoms with Crippen LogP contribution in [-0.4, -0.2) is 14.1 Å². The second-order valence-corrected chi connectivity index (χ2v) is 8.49. The number of nitrogens with two attached hydrogens (primary N) is 1. The number of aryl methyl sites for hydroxylation is 1. The van der Waals surface area contributed by atoms with E-state index in [1.807, 2.05) is 23.2 Å². The zero-order valence-corrected chi connectivity index (χ0v) is 16.3. The van der Waals surface area contributed by atoms with Crippen molar-refractivity contribution < 1.29 is 8.42 Å². The van der Waals surface area contributed by atoms with Gasteiger partial charge < -0.3 is 0 Å². The Morgan fingerprint density at radius 1 is 0.929 bits per heavy atom. The molecule has 0 radical (unpaired) electrons. The Morgan fingerprint density at radius 2 is 1.57 bits per heavy atom. The Kier molecular flexibility index (Phi) is 4.75. The topological polar surface area (TPSA) is 75.8 Å². The van der Waals surface area contributed by atoms with Gasteiger partial charge in [0, 0.05) is 6.42 Å². The minimum atomic E-state index is -3.72. The largest absolute Gasteiger partial charge is 0.257 e. The normalized spacial score (nSPS) is 16.9. The molecular weight excluding hydrogens is 370 g/mol. The van der Waals surface area contributed by atoms with Crippen molar-refractivity contribution in [3.05, 3.63) is 95.6 Å². The molecule has 6 heteroatoms. The number of sulfonamides is 1. The lowest BCUT2D eigenvalue weighted by Crippen LogP contribution is -2.19. The van der Waals surface area contributed by atoms with E-state index in [1.54, 1.807) is 12.1 Å². The van der Waals surface area contributed by atoms with Crippen LogP contribution in [0.3, 0.4) is 0 Å². The third-order valence-electron chi connectivity index (χ3n) is 4.91. The minimum Gasteiger partial charge on any atom is -0.257 e. The van der Waals surface area contributed by atoms with Gasteiger partial charge in [-0.3, -0.25) is 5.01 Å². The summed E-state index contributed by atoms with van der Waals surface area (Å²) in [6, 6.07) is 25.1. The summed E-state index contributed by atoms with van der Waals surface area (Å²) in [6.07, 6.45) is 0.768. The van der Waals surface area contributed by atoms with Gasteiger partial charge in [-0.2, -0.15) is 5.10 Å². The Morgan fingerprint density at radius 3 is 2.18 bits per heavy atom. The fraction of sp³-hybridized carbons (Fsp3) is 0.136. The van der Waals surface area contributed by atoms with E-state index in [2.05, 4.69) is 43.3 Å². The van der Waals surface area contributed by atoms with Crippen molar-refractivity contribution in [2.75, 3.05) is 5.01 Å². The Balaban J connectivity index is 1.74. The van der Waals surface area contributed by atoms with Gasteiger partial charge >= 0.3 is 0 Å². The molecule has 2 N–H and O–H groups in total. The zero-order chi connectivity index (χ0) is 19.7. The summed E-state index contributed by atoms with van der Waals surface area (Å²) in [4.78, 5) is 0.0921. The van der Waals surface area contributed by atoms with Crippen LogP contribution >= 0.6 is 0 Å². The molecule has 0 saturated carbocycles. The van der Waals surface area contributed by atoms with Crippen LogP contribution in [0.25, 0.3) is 0 Å². The Hall–Kier alpha value is -2.96. The van der Waals surface area contributed by atoms with E-state index in [0.717, 1.165) is 28.9 Å². The Bertz CT molecular complexity index is 1110. The maximum Gasteiger partial charge on any atom is 0.238 e. The van der Waals surface area contributed by atoms with Crippen molar-refractivity contribution in [3.8, 4) is 0 Å². The highest BCUT2D eigenvalue weighted by Crippen LogP contribution is 2.36. The molecule has 5 nitrogen and oxygen atoms in total. The van der Waals surface area contributed by atoms with Crippen LogP contribution < -0.4 is 10.1 Å². The molecule has 1 unspecified atom stereocenters.